The first-order valence-corrected chi connectivity index (χ1v) is 7.57. The number of likely N-dealkylation sites (tertiary alicyclic amines) is 1. The Labute approximate surface area is 132 Å². The van der Waals surface area contributed by atoms with Crippen LogP contribution < -0.4 is 15.8 Å². The van der Waals surface area contributed by atoms with Crippen molar-refractivity contribution >= 4 is 5.91 Å². The normalized spacial score (nSPS) is 21.6. The predicted molar refractivity (Wildman–Crippen MR) is 87.8 cm³/mol. The lowest BCUT2D eigenvalue weighted by molar-refractivity contribution is -0.125. The highest BCUT2D eigenvalue weighted by Crippen LogP contribution is 2.24. The molecule has 1 aliphatic heterocycles. The lowest BCUT2D eigenvalue weighted by atomic mass is 10.1. The Bertz CT molecular complexity index is 545. The minimum atomic E-state index is -0.148. The molecule has 0 aromatic heterocycles. The van der Waals surface area contributed by atoms with Crippen molar-refractivity contribution in [3.05, 3.63) is 42.0 Å². The molecule has 5 nitrogen and oxygen atoms in total. The molecule has 0 radical (unpaired) electrons. The third-order valence-electron chi connectivity index (χ3n) is 4.08. The zero-order chi connectivity index (χ0) is 16.1. The van der Waals surface area contributed by atoms with Gasteiger partial charge in [-0.05, 0) is 30.0 Å². The van der Waals surface area contributed by atoms with Crippen LogP contribution in [0, 0.1) is 0 Å². The van der Waals surface area contributed by atoms with Gasteiger partial charge < -0.3 is 15.8 Å². The fraction of sp³-hybridized carbons (Fsp3) is 0.471. The van der Waals surface area contributed by atoms with Crippen molar-refractivity contribution in [3.63, 3.8) is 0 Å². The number of carbonyl (C=O) groups is 1. The number of likely N-dealkylation sites (N-methyl/N-ethyl adjacent to an activating group) is 1. The summed E-state index contributed by atoms with van der Waals surface area (Å²) < 4.78 is 5.37. The van der Waals surface area contributed by atoms with E-state index in [9.17, 15) is 4.79 Å². The average molecular weight is 303 g/mol. The van der Waals surface area contributed by atoms with E-state index in [0.29, 0.717) is 13.0 Å². The third-order valence-corrected chi connectivity index (χ3v) is 4.08. The maximum absolute atomic E-state index is 12.0. The number of ether oxygens (including phenoxy) is 1. The van der Waals surface area contributed by atoms with Gasteiger partial charge in [0.1, 0.15) is 5.75 Å². The number of hydrogen-bond acceptors (Lipinski definition) is 4. The smallest absolute Gasteiger partial charge is 0.237 e. The van der Waals surface area contributed by atoms with Crippen LogP contribution in [0.5, 0.6) is 5.75 Å². The van der Waals surface area contributed by atoms with Gasteiger partial charge in [-0.2, -0.15) is 0 Å². The Morgan fingerprint density at radius 2 is 2.36 bits per heavy atom. The molecule has 1 aliphatic rings. The summed E-state index contributed by atoms with van der Waals surface area (Å²) in [6.45, 7) is 5.23. The van der Waals surface area contributed by atoms with E-state index < -0.39 is 0 Å². The SMILES string of the molecule is C=CCc1cc(CN2C[C@@H](N)C[C@H]2C(=O)NC)ccc1OC. The summed E-state index contributed by atoms with van der Waals surface area (Å²) in [4.78, 5) is 14.1. The van der Waals surface area contributed by atoms with Crippen molar-refractivity contribution in [2.45, 2.75) is 31.5 Å². The van der Waals surface area contributed by atoms with E-state index in [1.807, 2.05) is 18.2 Å². The van der Waals surface area contributed by atoms with Gasteiger partial charge in [-0.15, -0.1) is 6.58 Å². The highest BCUT2D eigenvalue weighted by Gasteiger charge is 2.34. The van der Waals surface area contributed by atoms with Crippen LogP contribution in [0.4, 0.5) is 0 Å². The van der Waals surface area contributed by atoms with Gasteiger partial charge in [0.25, 0.3) is 0 Å². The summed E-state index contributed by atoms with van der Waals surface area (Å²) in [5, 5.41) is 2.72. The molecule has 1 fully saturated rings. The molecule has 0 bridgehead atoms. The molecule has 1 aromatic rings. The van der Waals surface area contributed by atoms with E-state index in [-0.39, 0.29) is 18.0 Å². The van der Waals surface area contributed by atoms with Crippen molar-refractivity contribution in [3.8, 4) is 5.75 Å². The van der Waals surface area contributed by atoms with Gasteiger partial charge in [-0.25, -0.2) is 0 Å². The van der Waals surface area contributed by atoms with E-state index in [0.717, 1.165) is 29.8 Å². The van der Waals surface area contributed by atoms with Gasteiger partial charge in [-0.1, -0.05) is 18.2 Å². The number of rotatable bonds is 6. The summed E-state index contributed by atoms with van der Waals surface area (Å²) in [5.41, 5.74) is 8.29. The topological polar surface area (TPSA) is 67.6 Å². The zero-order valence-electron chi connectivity index (χ0n) is 13.3. The van der Waals surface area contributed by atoms with Gasteiger partial charge in [0.2, 0.25) is 5.91 Å². The van der Waals surface area contributed by atoms with Crippen molar-refractivity contribution in [2.75, 3.05) is 20.7 Å². The molecule has 0 unspecified atom stereocenters. The Balaban J connectivity index is 2.16. The molecular weight excluding hydrogens is 278 g/mol. The van der Waals surface area contributed by atoms with Crippen LogP contribution in [0.25, 0.3) is 0 Å². The molecular formula is C17H25N3O2. The number of nitrogens with zero attached hydrogens (tertiary/aromatic N) is 1. The summed E-state index contributed by atoms with van der Waals surface area (Å²) >= 11 is 0. The molecule has 2 rings (SSSR count). The molecule has 1 saturated heterocycles. The van der Waals surface area contributed by atoms with Crippen LogP contribution in [0.3, 0.4) is 0 Å². The highest BCUT2D eigenvalue weighted by atomic mass is 16.5. The van der Waals surface area contributed by atoms with E-state index >= 15 is 0 Å². The molecule has 0 aliphatic carbocycles. The first-order valence-electron chi connectivity index (χ1n) is 7.57. The molecule has 3 N–H and O–H groups in total. The molecule has 2 atom stereocenters. The largest absolute Gasteiger partial charge is 0.496 e. The maximum atomic E-state index is 12.0. The third kappa shape index (κ3) is 3.67. The number of nitrogens with one attached hydrogen (secondary N) is 1. The predicted octanol–water partition coefficient (Wildman–Crippen LogP) is 1.07. The van der Waals surface area contributed by atoms with E-state index in [4.69, 9.17) is 10.5 Å². The minimum Gasteiger partial charge on any atom is -0.496 e. The summed E-state index contributed by atoms with van der Waals surface area (Å²) in [6, 6.07) is 6.03. The van der Waals surface area contributed by atoms with E-state index in [2.05, 4.69) is 22.9 Å². The van der Waals surface area contributed by atoms with Gasteiger partial charge in [0.15, 0.2) is 0 Å². The highest BCUT2D eigenvalue weighted by molar-refractivity contribution is 5.81. The lowest BCUT2D eigenvalue weighted by Crippen LogP contribution is -2.41. The molecule has 120 valence electrons. The number of carbonyl (C=O) groups excluding carboxylic acids is 1. The summed E-state index contributed by atoms with van der Waals surface area (Å²) in [7, 11) is 3.34. The Morgan fingerprint density at radius 3 is 3.00 bits per heavy atom. The minimum absolute atomic E-state index is 0.0350. The van der Waals surface area contributed by atoms with E-state index in [1.165, 1.54) is 0 Å². The molecule has 1 heterocycles. The standard InChI is InChI=1S/C17H25N3O2/c1-4-5-13-8-12(6-7-16(13)22-3)10-20-11-14(18)9-15(20)17(21)19-2/h4,6-8,14-15H,1,5,9-11,18H2,2-3H3,(H,19,21)/t14-,15-/m0/s1. The Kier molecular flexibility index (Phi) is 5.57. The molecule has 0 spiro atoms. The monoisotopic (exact) mass is 303 g/mol. The lowest BCUT2D eigenvalue weighted by Gasteiger charge is -2.23. The second kappa shape index (κ2) is 7.42. The molecule has 22 heavy (non-hydrogen) atoms. The van der Waals surface area contributed by atoms with Crippen LogP contribution in [0.2, 0.25) is 0 Å². The van der Waals surface area contributed by atoms with Crippen LogP contribution in [0.15, 0.2) is 30.9 Å². The van der Waals surface area contributed by atoms with Crippen molar-refractivity contribution in [1.82, 2.24) is 10.2 Å². The fourth-order valence-electron chi connectivity index (χ4n) is 3.03. The van der Waals surface area contributed by atoms with Gasteiger partial charge in [-0.3, -0.25) is 9.69 Å². The Hall–Kier alpha value is -1.85. The van der Waals surface area contributed by atoms with Gasteiger partial charge in [0, 0.05) is 26.2 Å². The number of hydrogen-bond donors (Lipinski definition) is 2. The summed E-state index contributed by atoms with van der Waals surface area (Å²) in [5.74, 6) is 0.900. The quantitative estimate of drug-likeness (QED) is 0.772. The van der Waals surface area contributed by atoms with Gasteiger partial charge in [0.05, 0.1) is 13.2 Å². The molecule has 1 amide bonds. The first-order chi connectivity index (χ1) is 10.6. The maximum Gasteiger partial charge on any atom is 0.237 e. The van der Waals surface area contributed by atoms with Crippen molar-refractivity contribution < 1.29 is 9.53 Å². The van der Waals surface area contributed by atoms with Crippen LogP contribution in [-0.4, -0.2) is 43.6 Å². The molecule has 1 aromatic carbocycles. The Morgan fingerprint density at radius 1 is 1.59 bits per heavy atom. The second-order valence-corrected chi connectivity index (χ2v) is 5.69. The van der Waals surface area contributed by atoms with Gasteiger partial charge >= 0.3 is 0 Å². The number of amides is 1. The van der Waals surface area contributed by atoms with Crippen LogP contribution >= 0.6 is 0 Å². The fourth-order valence-corrected chi connectivity index (χ4v) is 3.03. The second-order valence-electron chi connectivity index (χ2n) is 5.69. The number of benzene rings is 1. The zero-order valence-corrected chi connectivity index (χ0v) is 13.3. The number of nitrogens with two attached hydrogens (primary N) is 1. The molecule has 5 heteroatoms. The first kappa shape index (κ1) is 16.5. The average Bonchev–Trinajstić information content (AvgIpc) is 2.88. The van der Waals surface area contributed by atoms with Crippen molar-refractivity contribution in [1.29, 1.82) is 0 Å². The van der Waals surface area contributed by atoms with Crippen molar-refractivity contribution in [2.24, 2.45) is 5.73 Å². The summed E-state index contributed by atoms with van der Waals surface area (Å²) in [6.07, 6.45) is 3.32. The number of methoxy groups -OCH3 is 1. The van der Waals surface area contributed by atoms with Crippen LogP contribution in [-0.2, 0) is 17.8 Å². The van der Waals surface area contributed by atoms with Crippen LogP contribution in [0.1, 0.15) is 17.5 Å². The van der Waals surface area contributed by atoms with E-state index in [1.54, 1.807) is 14.2 Å². The molecule has 0 saturated carbocycles. The number of allylic oxidation sites excluding steroid dienone is 1.